The molecule has 168 valence electrons. The minimum Gasteiger partial charge on any atom is -0.268 e. The summed E-state index contributed by atoms with van der Waals surface area (Å²) < 4.78 is 80.1. The molecular formula is C24H14F6N2O. The third-order valence-corrected chi connectivity index (χ3v) is 4.91. The monoisotopic (exact) mass is 460 g/mol. The summed E-state index contributed by atoms with van der Waals surface area (Å²) in [6, 6.07) is 15.0. The van der Waals surface area contributed by atoms with Crippen molar-refractivity contribution in [2.45, 2.75) is 12.4 Å². The second-order valence-electron chi connectivity index (χ2n) is 7.10. The first-order valence-electron chi connectivity index (χ1n) is 9.59. The van der Waals surface area contributed by atoms with E-state index < -0.39 is 34.7 Å². The molecule has 33 heavy (non-hydrogen) atoms. The van der Waals surface area contributed by atoms with E-state index in [9.17, 15) is 31.1 Å². The fraction of sp³-hybridized carbons (Fsp3) is 0.0833. The lowest BCUT2D eigenvalue weighted by Gasteiger charge is -2.17. The fourth-order valence-electron chi connectivity index (χ4n) is 3.36. The molecule has 0 aliphatic carbocycles. The first-order chi connectivity index (χ1) is 15.6. The van der Waals surface area contributed by atoms with Gasteiger partial charge in [0.05, 0.1) is 27.7 Å². The number of nitrogens with zero attached hydrogens (tertiary/aromatic N) is 2. The van der Waals surface area contributed by atoms with Crippen molar-refractivity contribution in [2.75, 3.05) is 0 Å². The molecule has 3 aromatic carbocycles. The number of hydrogen-bond acceptors (Lipinski definition) is 2. The first-order valence-corrected chi connectivity index (χ1v) is 9.59. The summed E-state index contributed by atoms with van der Waals surface area (Å²) in [5.74, 6) is -0.102. The first kappa shape index (κ1) is 22.3. The smallest absolute Gasteiger partial charge is 0.268 e. The highest BCUT2D eigenvalue weighted by molar-refractivity contribution is 5.80. The van der Waals surface area contributed by atoms with Gasteiger partial charge in [0, 0.05) is 0 Å². The molecule has 0 spiro atoms. The number of rotatable bonds is 3. The van der Waals surface area contributed by atoms with Gasteiger partial charge >= 0.3 is 12.4 Å². The summed E-state index contributed by atoms with van der Waals surface area (Å²) in [5, 5.41) is 0.126. The van der Waals surface area contributed by atoms with Crippen LogP contribution in [0.2, 0.25) is 0 Å². The summed E-state index contributed by atoms with van der Waals surface area (Å²) in [5.41, 5.74) is -2.34. The van der Waals surface area contributed by atoms with E-state index in [4.69, 9.17) is 0 Å². The standard InChI is InChI=1S/C24H14F6N2O/c25-23(26,27)16-12-9-15(10-13-16)11-14-21-31-19-7-3-1-5-17(19)22(33)32(21)20-8-4-2-6-18(20)24(28,29)30/h1-14H. The van der Waals surface area contributed by atoms with Gasteiger partial charge < -0.3 is 0 Å². The zero-order chi connectivity index (χ0) is 23.8. The van der Waals surface area contributed by atoms with Crippen LogP contribution in [-0.2, 0) is 12.4 Å². The number of halogens is 6. The number of alkyl halides is 6. The fourth-order valence-corrected chi connectivity index (χ4v) is 3.36. The SMILES string of the molecule is O=c1c2ccccc2nc(C=Cc2ccc(C(F)(F)F)cc2)n1-c1ccccc1C(F)(F)F. The molecule has 0 saturated carbocycles. The predicted molar refractivity (Wildman–Crippen MR) is 113 cm³/mol. The molecule has 0 radical (unpaired) electrons. The van der Waals surface area contributed by atoms with Gasteiger partial charge in [0.15, 0.2) is 0 Å². The van der Waals surface area contributed by atoms with Crippen LogP contribution < -0.4 is 5.56 Å². The van der Waals surface area contributed by atoms with Crippen LogP contribution in [0.15, 0.2) is 77.6 Å². The minimum absolute atomic E-state index is 0.102. The van der Waals surface area contributed by atoms with Crippen LogP contribution in [0.4, 0.5) is 26.3 Å². The van der Waals surface area contributed by atoms with Crippen molar-refractivity contribution < 1.29 is 26.3 Å². The molecule has 3 nitrogen and oxygen atoms in total. The minimum atomic E-state index is -4.73. The number of para-hydroxylation sites is 2. The molecule has 9 heteroatoms. The summed E-state index contributed by atoms with van der Waals surface area (Å²) in [6.45, 7) is 0. The zero-order valence-corrected chi connectivity index (χ0v) is 16.7. The average Bonchev–Trinajstić information content (AvgIpc) is 2.77. The maximum atomic E-state index is 13.7. The molecule has 4 aromatic rings. The van der Waals surface area contributed by atoms with Crippen LogP contribution in [0.5, 0.6) is 0 Å². The van der Waals surface area contributed by atoms with Crippen molar-refractivity contribution >= 4 is 23.1 Å². The molecule has 0 amide bonds. The lowest BCUT2D eigenvalue weighted by molar-refractivity contribution is -0.138. The van der Waals surface area contributed by atoms with E-state index in [2.05, 4.69) is 4.98 Å². The Labute approximate surface area is 183 Å². The summed E-state index contributed by atoms with van der Waals surface area (Å²) in [4.78, 5) is 17.5. The Bertz CT molecular complexity index is 1400. The molecule has 0 saturated heterocycles. The van der Waals surface area contributed by atoms with Gasteiger partial charge in [0.1, 0.15) is 5.82 Å². The van der Waals surface area contributed by atoms with E-state index in [1.54, 1.807) is 18.2 Å². The topological polar surface area (TPSA) is 34.9 Å². The second kappa shape index (κ2) is 8.23. The molecule has 0 aliphatic heterocycles. The van der Waals surface area contributed by atoms with Crippen molar-refractivity contribution in [3.05, 3.63) is 106 Å². The Morgan fingerprint density at radius 2 is 1.36 bits per heavy atom. The van der Waals surface area contributed by atoms with E-state index in [1.807, 2.05) is 0 Å². The zero-order valence-electron chi connectivity index (χ0n) is 16.7. The van der Waals surface area contributed by atoms with Crippen molar-refractivity contribution in [3.8, 4) is 5.69 Å². The largest absolute Gasteiger partial charge is 0.418 e. The molecule has 0 bridgehead atoms. The normalized spacial score (nSPS) is 12.5. The Balaban J connectivity index is 1.91. The van der Waals surface area contributed by atoms with Gasteiger partial charge in [-0.3, -0.25) is 9.36 Å². The number of fused-ring (bicyclic) bond motifs is 1. The maximum absolute atomic E-state index is 13.7. The number of benzene rings is 3. The van der Waals surface area contributed by atoms with Crippen molar-refractivity contribution in [3.63, 3.8) is 0 Å². The van der Waals surface area contributed by atoms with Gasteiger partial charge in [-0.2, -0.15) is 26.3 Å². The van der Waals surface area contributed by atoms with Gasteiger partial charge in [-0.1, -0.05) is 42.5 Å². The third-order valence-electron chi connectivity index (χ3n) is 4.91. The molecule has 1 heterocycles. The van der Waals surface area contributed by atoms with E-state index >= 15 is 0 Å². The van der Waals surface area contributed by atoms with Crippen LogP contribution in [-0.4, -0.2) is 9.55 Å². The Morgan fingerprint density at radius 1 is 0.727 bits per heavy atom. The van der Waals surface area contributed by atoms with Crippen molar-refractivity contribution in [1.82, 2.24) is 9.55 Å². The molecule has 0 aliphatic rings. The van der Waals surface area contributed by atoms with Gasteiger partial charge in [0.2, 0.25) is 0 Å². The highest BCUT2D eigenvalue weighted by Gasteiger charge is 2.34. The van der Waals surface area contributed by atoms with Crippen LogP contribution in [0.25, 0.3) is 28.7 Å². The maximum Gasteiger partial charge on any atom is 0.418 e. The van der Waals surface area contributed by atoms with Gasteiger partial charge in [-0.15, -0.1) is 0 Å². The van der Waals surface area contributed by atoms with Gasteiger partial charge in [0.25, 0.3) is 5.56 Å². The third kappa shape index (κ3) is 4.52. The van der Waals surface area contributed by atoms with Crippen molar-refractivity contribution in [1.29, 1.82) is 0 Å². The Kier molecular flexibility index (Phi) is 5.57. The number of hydrogen-bond donors (Lipinski definition) is 0. The lowest BCUT2D eigenvalue weighted by Crippen LogP contribution is -2.25. The number of aromatic nitrogens is 2. The van der Waals surface area contributed by atoms with Crippen LogP contribution >= 0.6 is 0 Å². The van der Waals surface area contributed by atoms with Crippen molar-refractivity contribution in [2.24, 2.45) is 0 Å². The summed E-state index contributed by atoms with van der Waals surface area (Å²) in [6.07, 6.45) is -6.55. The lowest BCUT2D eigenvalue weighted by atomic mass is 10.1. The Morgan fingerprint density at radius 3 is 2.03 bits per heavy atom. The van der Waals surface area contributed by atoms with Crippen LogP contribution in [0.3, 0.4) is 0 Å². The molecule has 4 rings (SSSR count). The van der Waals surface area contributed by atoms with Gasteiger partial charge in [-0.05, 0) is 48.0 Å². The van der Waals surface area contributed by atoms with Crippen LogP contribution in [0, 0.1) is 0 Å². The molecule has 0 N–H and O–H groups in total. The average molecular weight is 460 g/mol. The highest BCUT2D eigenvalue weighted by atomic mass is 19.4. The highest BCUT2D eigenvalue weighted by Crippen LogP contribution is 2.34. The molecule has 0 unspecified atom stereocenters. The molecule has 0 fully saturated rings. The molecule has 0 atom stereocenters. The van der Waals surface area contributed by atoms with E-state index in [-0.39, 0.29) is 16.7 Å². The summed E-state index contributed by atoms with van der Waals surface area (Å²) in [7, 11) is 0. The Hall–Kier alpha value is -3.88. The second-order valence-corrected chi connectivity index (χ2v) is 7.10. The van der Waals surface area contributed by atoms with Gasteiger partial charge in [-0.25, -0.2) is 4.98 Å². The van der Waals surface area contributed by atoms with Crippen LogP contribution in [0.1, 0.15) is 22.5 Å². The molecule has 1 aromatic heterocycles. The predicted octanol–water partition coefficient (Wildman–Crippen LogP) is 6.59. The quantitative estimate of drug-likeness (QED) is 0.323. The molecular weight excluding hydrogens is 446 g/mol. The van der Waals surface area contributed by atoms with E-state index in [0.29, 0.717) is 5.56 Å². The summed E-state index contributed by atoms with van der Waals surface area (Å²) >= 11 is 0. The van der Waals surface area contributed by atoms with E-state index in [1.165, 1.54) is 42.5 Å². The van der Waals surface area contributed by atoms with E-state index in [0.717, 1.165) is 28.8 Å².